The van der Waals surface area contributed by atoms with Crippen LogP contribution in [-0.2, 0) is 62.1 Å². The Morgan fingerprint density at radius 1 is 0.848 bits per heavy atom. The molecule has 0 spiro atoms. The number of amides is 4. The fraction of sp³-hybridized carbons (Fsp3) is 0.724. The van der Waals surface area contributed by atoms with Crippen LogP contribution >= 0.6 is 0 Å². The summed E-state index contributed by atoms with van der Waals surface area (Å²) in [6.07, 6.45) is -2.72. The highest BCUT2D eigenvalue weighted by molar-refractivity contribution is 6.01. The second-order valence-electron chi connectivity index (χ2n) is 11.4. The summed E-state index contributed by atoms with van der Waals surface area (Å²) in [5, 5.41) is 8.97. The number of hydrogen-bond donors (Lipinski definition) is 3. The van der Waals surface area contributed by atoms with E-state index >= 15 is 0 Å². The number of nitrogens with one attached hydrogen (secondary N) is 3. The summed E-state index contributed by atoms with van der Waals surface area (Å²) in [5.41, 5.74) is 0. The Morgan fingerprint density at radius 2 is 1.48 bits per heavy atom. The molecule has 0 aromatic heterocycles. The molecule has 4 amide bonds. The lowest BCUT2D eigenvalue weighted by molar-refractivity contribution is -0.215. The van der Waals surface area contributed by atoms with Gasteiger partial charge in [0.25, 0.3) is 11.8 Å². The van der Waals surface area contributed by atoms with E-state index in [1.165, 1.54) is 20.8 Å². The Labute approximate surface area is 265 Å². The molecule has 0 aromatic rings. The van der Waals surface area contributed by atoms with E-state index in [4.69, 9.17) is 23.8 Å². The van der Waals surface area contributed by atoms with Gasteiger partial charge >= 0.3 is 23.9 Å². The molecule has 17 heteroatoms. The average Bonchev–Trinajstić information content (AvgIpc) is 3.55. The van der Waals surface area contributed by atoms with Crippen molar-refractivity contribution in [1.29, 1.82) is 0 Å². The van der Waals surface area contributed by atoms with E-state index in [1.807, 2.05) is 0 Å². The van der Waals surface area contributed by atoms with E-state index in [9.17, 15) is 38.4 Å². The van der Waals surface area contributed by atoms with Crippen molar-refractivity contribution in [3.63, 3.8) is 0 Å². The first-order valence-electron chi connectivity index (χ1n) is 15.3. The molecule has 3 fully saturated rings. The lowest BCUT2D eigenvalue weighted by Crippen LogP contribution is -2.66. The molecule has 3 rings (SSSR count). The van der Waals surface area contributed by atoms with Gasteiger partial charge in [0.2, 0.25) is 11.8 Å². The van der Waals surface area contributed by atoms with Crippen molar-refractivity contribution in [3.8, 4) is 0 Å². The number of hydroxylamine groups is 2. The Hall–Kier alpha value is -4.12. The van der Waals surface area contributed by atoms with Gasteiger partial charge in [-0.1, -0.05) is 12.8 Å². The molecule has 3 aliphatic heterocycles. The van der Waals surface area contributed by atoms with Crippen molar-refractivity contribution in [2.75, 3.05) is 13.1 Å². The molecular weight excluding hydrogens is 612 g/mol. The number of hydrogen-bond acceptors (Lipinski definition) is 14. The van der Waals surface area contributed by atoms with Gasteiger partial charge in [-0.25, -0.2) is 4.79 Å². The summed E-state index contributed by atoms with van der Waals surface area (Å²) < 4.78 is 22.5. The first-order valence-corrected chi connectivity index (χ1v) is 15.3. The quantitative estimate of drug-likeness (QED) is 0.0893. The smallest absolute Gasteiger partial charge is 0.333 e. The minimum atomic E-state index is -1.19. The van der Waals surface area contributed by atoms with Crippen molar-refractivity contribution in [1.82, 2.24) is 21.0 Å². The normalized spacial score (nSPS) is 27.5. The van der Waals surface area contributed by atoms with Crippen LogP contribution in [0.2, 0.25) is 0 Å². The van der Waals surface area contributed by atoms with Gasteiger partial charge in [-0.05, 0) is 12.8 Å². The third-order valence-corrected chi connectivity index (χ3v) is 7.55. The number of imide groups is 1. The minimum absolute atomic E-state index is 0.00564. The predicted octanol–water partition coefficient (Wildman–Crippen LogP) is -0.911. The number of rotatable bonds is 14. The highest BCUT2D eigenvalue weighted by Crippen LogP contribution is 2.29. The number of carbonyl (C=O) groups is 8. The van der Waals surface area contributed by atoms with Crippen LogP contribution in [0.5, 0.6) is 0 Å². The lowest BCUT2D eigenvalue weighted by atomic mass is 9.89. The second kappa shape index (κ2) is 17.0. The van der Waals surface area contributed by atoms with E-state index < -0.39 is 90.1 Å². The molecule has 0 aromatic carbocycles. The maximum Gasteiger partial charge on any atom is 0.333 e. The van der Waals surface area contributed by atoms with Crippen LogP contribution in [0.15, 0.2) is 0 Å². The summed E-state index contributed by atoms with van der Waals surface area (Å²) in [6, 6.07) is -1.57. The fourth-order valence-electron chi connectivity index (χ4n) is 5.65. The summed E-state index contributed by atoms with van der Waals surface area (Å²) >= 11 is 0. The molecule has 0 bridgehead atoms. The van der Waals surface area contributed by atoms with Gasteiger partial charge in [-0.2, -0.15) is 0 Å². The molecule has 0 aliphatic carbocycles. The standard InChI is InChI=1S/C29H42N4O13/c1-15(34)32-26-21(8-6-5-7-9-25(40)46-33-23(38)10-11-24(33)39)45-22(27(43-17(3)36)28(26)44-18(4)37)14-31-29(41)20-12-19(13-30-20)42-16(2)35/h19-22,26-28,30H,5-14H2,1-4H3,(H,31,41)(H,32,34). The number of nitrogens with zero attached hydrogens (tertiary/aromatic N) is 1. The first-order chi connectivity index (χ1) is 21.7. The van der Waals surface area contributed by atoms with E-state index in [0.29, 0.717) is 37.3 Å². The summed E-state index contributed by atoms with van der Waals surface area (Å²) in [5.74, 6) is -4.57. The van der Waals surface area contributed by atoms with Gasteiger partial charge in [0.1, 0.15) is 12.2 Å². The Balaban J connectivity index is 1.66. The van der Waals surface area contributed by atoms with E-state index in [1.54, 1.807) is 0 Å². The van der Waals surface area contributed by atoms with Gasteiger partial charge in [-0.3, -0.25) is 33.6 Å². The molecule has 3 aliphatic rings. The van der Waals surface area contributed by atoms with Crippen molar-refractivity contribution < 1.29 is 62.1 Å². The minimum Gasteiger partial charge on any atom is -0.461 e. The van der Waals surface area contributed by atoms with Gasteiger partial charge < -0.3 is 39.7 Å². The Bertz CT molecular complexity index is 1180. The zero-order valence-corrected chi connectivity index (χ0v) is 26.4. The summed E-state index contributed by atoms with van der Waals surface area (Å²) in [7, 11) is 0. The molecule has 3 saturated heterocycles. The van der Waals surface area contributed by atoms with E-state index in [0.717, 1.165) is 6.92 Å². The van der Waals surface area contributed by atoms with Gasteiger partial charge in [0.05, 0.1) is 18.2 Å². The zero-order chi connectivity index (χ0) is 34.0. The topological polar surface area (TPSA) is 222 Å². The third kappa shape index (κ3) is 10.8. The molecule has 3 heterocycles. The fourth-order valence-corrected chi connectivity index (χ4v) is 5.65. The van der Waals surface area contributed by atoms with E-state index in [-0.39, 0.29) is 32.2 Å². The van der Waals surface area contributed by atoms with Crippen LogP contribution in [0.25, 0.3) is 0 Å². The van der Waals surface area contributed by atoms with Crippen LogP contribution in [0, 0.1) is 0 Å². The largest absolute Gasteiger partial charge is 0.461 e. The van der Waals surface area contributed by atoms with Crippen LogP contribution in [0.3, 0.4) is 0 Å². The van der Waals surface area contributed by atoms with Crippen molar-refractivity contribution in [2.45, 2.75) is 122 Å². The number of esters is 3. The zero-order valence-electron chi connectivity index (χ0n) is 26.4. The van der Waals surface area contributed by atoms with Crippen LogP contribution in [0.4, 0.5) is 0 Å². The van der Waals surface area contributed by atoms with Crippen molar-refractivity contribution >= 4 is 47.5 Å². The number of carbonyl (C=O) groups excluding carboxylic acids is 8. The van der Waals surface area contributed by atoms with Crippen molar-refractivity contribution in [2.24, 2.45) is 0 Å². The van der Waals surface area contributed by atoms with Gasteiger partial charge in [0, 0.05) is 66.5 Å². The monoisotopic (exact) mass is 654 g/mol. The molecule has 46 heavy (non-hydrogen) atoms. The van der Waals surface area contributed by atoms with Crippen molar-refractivity contribution in [3.05, 3.63) is 0 Å². The number of unbranched alkanes of at least 4 members (excludes halogenated alkanes) is 2. The average molecular weight is 655 g/mol. The second-order valence-corrected chi connectivity index (χ2v) is 11.4. The summed E-state index contributed by atoms with van der Waals surface area (Å²) in [4.78, 5) is 101. The molecular formula is C29H42N4O13. The number of ether oxygens (including phenoxy) is 4. The highest BCUT2D eigenvalue weighted by atomic mass is 16.7. The highest BCUT2D eigenvalue weighted by Gasteiger charge is 2.50. The molecule has 7 unspecified atom stereocenters. The SMILES string of the molecule is CC(=O)NC1C(CCCCCC(=O)ON2C(=O)CCC2=O)OC(CNC(=O)C2CC(OC(C)=O)CN2)C(OC(C)=O)C1OC(C)=O. The third-order valence-electron chi connectivity index (χ3n) is 7.55. The predicted molar refractivity (Wildman–Crippen MR) is 153 cm³/mol. The Kier molecular flexibility index (Phi) is 13.4. The first kappa shape index (κ1) is 36.3. The van der Waals surface area contributed by atoms with Gasteiger partial charge in [-0.15, -0.1) is 5.06 Å². The van der Waals surface area contributed by atoms with Gasteiger partial charge in [0.15, 0.2) is 12.2 Å². The molecule has 3 N–H and O–H groups in total. The maximum absolute atomic E-state index is 12.9. The maximum atomic E-state index is 12.9. The molecule has 17 nitrogen and oxygen atoms in total. The Morgan fingerprint density at radius 3 is 2.09 bits per heavy atom. The van der Waals surface area contributed by atoms with E-state index in [2.05, 4.69) is 16.0 Å². The van der Waals surface area contributed by atoms with Crippen LogP contribution in [-0.4, -0.2) is 108 Å². The molecule has 0 radical (unpaired) electrons. The lowest BCUT2D eigenvalue weighted by Gasteiger charge is -2.46. The molecule has 7 atom stereocenters. The summed E-state index contributed by atoms with van der Waals surface area (Å²) in [6.45, 7) is 5.04. The van der Waals surface area contributed by atoms with Crippen LogP contribution in [0.1, 0.15) is 79.1 Å². The van der Waals surface area contributed by atoms with Crippen LogP contribution < -0.4 is 16.0 Å². The molecule has 0 saturated carbocycles. The molecule has 256 valence electrons.